The van der Waals surface area contributed by atoms with Crippen molar-refractivity contribution >= 4 is 11.6 Å². The molecule has 1 atom stereocenters. The minimum Gasteiger partial charge on any atom is -0.319 e. The van der Waals surface area contributed by atoms with Crippen LogP contribution in [0.4, 0.5) is 4.39 Å². The lowest BCUT2D eigenvalue weighted by Gasteiger charge is -2.17. The van der Waals surface area contributed by atoms with Gasteiger partial charge in [0, 0.05) is 11.8 Å². The van der Waals surface area contributed by atoms with Crippen LogP contribution in [-0.2, 0) is 0 Å². The number of nitrogens with two attached hydrogens (primary N) is 1. The van der Waals surface area contributed by atoms with E-state index in [0.717, 1.165) is 11.1 Å². The van der Waals surface area contributed by atoms with Crippen molar-refractivity contribution in [2.24, 2.45) is 5.73 Å². The van der Waals surface area contributed by atoms with Gasteiger partial charge < -0.3 is 5.73 Å². The summed E-state index contributed by atoms with van der Waals surface area (Å²) < 4.78 is 14.0. The summed E-state index contributed by atoms with van der Waals surface area (Å²) in [6.45, 7) is 3.68. The Hall–Kier alpha value is -1.45. The van der Waals surface area contributed by atoms with Gasteiger partial charge in [-0.25, -0.2) is 4.39 Å². The summed E-state index contributed by atoms with van der Waals surface area (Å²) in [4.78, 5) is 4.14. The minimum atomic E-state index is -0.653. The average molecular weight is 265 g/mol. The Morgan fingerprint density at radius 1 is 1.33 bits per heavy atom. The number of benzene rings is 1. The van der Waals surface area contributed by atoms with Crippen LogP contribution in [-0.4, -0.2) is 4.98 Å². The molecule has 2 aromatic rings. The van der Waals surface area contributed by atoms with Gasteiger partial charge in [0.25, 0.3) is 0 Å². The molecule has 2 N–H and O–H groups in total. The van der Waals surface area contributed by atoms with Crippen LogP contribution < -0.4 is 5.73 Å². The third-order valence-electron chi connectivity index (χ3n) is 2.87. The molecule has 0 bridgehead atoms. The maximum atomic E-state index is 14.0. The molecule has 0 aliphatic rings. The third-order valence-corrected chi connectivity index (χ3v) is 3.19. The maximum absolute atomic E-state index is 14.0. The molecule has 4 heteroatoms. The van der Waals surface area contributed by atoms with Gasteiger partial charge >= 0.3 is 0 Å². The number of hydrogen-bond donors (Lipinski definition) is 1. The predicted octanol–water partition coefficient (Wildman–Crippen LogP) is 3.54. The Bertz CT molecular complexity index is 561. The van der Waals surface area contributed by atoms with Crippen LogP contribution in [0.2, 0.25) is 5.02 Å². The molecule has 0 saturated carbocycles. The van der Waals surface area contributed by atoms with Gasteiger partial charge in [0.1, 0.15) is 5.82 Å². The predicted molar refractivity (Wildman–Crippen MR) is 71.2 cm³/mol. The van der Waals surface area contributed by atoms with Crippen molar-refractivity contribution in [2.75, 3.05) is 0 Å². The molecule has 1 aromatic heterocycles. The summed E-state index contributed by atoms with van der Waals surface area (Å²) in [6.07, 6.45) is 1.60. The Kier molecular flexibility index (Phi) is 3.64. The van der Waals surface area contributed by atoms with E-state index in [1.807, 2.05) is 19.9 Å². The number of pyridine rings is 1. The van der Waals surface area contributed by atoms with Gasteiger partial charge in [-0.05, 0) is 43.2 Å². The zero-order chi connectivity index (χ0) is 13.3. The number of rotatable bonds is 2. The maximum Gasteiger partial charge on any atom is 0.128 e. The second-order valence-corrected chi connectivity index (χ2v) is 4.73. The van der Waals surface area contributed by atoms with Gasteiger partial charge in [-0.1, -0.05) is 17.7 Å². The molecular formula is C14H14ClFN2. The summed E-state index contributed by atoms with van der Waals surface area (Å²) in [5.74, 6) is -0.318. The number of aromatic nitrogens is 1. The number of aryl methyl sites for hydroxylation is 2. The van der Waals surface area contributed by atoms with Gasteiger partial charge in [-0.15, -0.1) is 0 Å². The number of halogens is 2. The largest absolute Gasteiger partial charge is 0.319 e. The van der Waals surface area contributed by atoms with Crippen molar-refractivity contribution in [1.29, 1.82) is 0 Å². The number of nitrogens with zero attached hydrogens (tertiary/aromatic N) is 1. The van der Waals surface area contributed by atoms with Gasteiger partial charge in [-0.3, -0.25) is 4.98 Å². The van der Waals surface area contributed by atoms with Crippen LogP contribution in [0.1, 0.15) is 28.4 Å². The quantitative estimate of drug-likeness (QED) is 0.901. The van der Waals surface area contributed by atoms with Crippen LogP contribution in [0.15, 0.2) is 30.5 Å². The SMILES string of the molecule is Cc1cc(C)c(C(N)c2ncccc2Cl)c(F)c1. The molecule has 1 aromatic carbocycles. The van der Waals surface area contributed by atoms with E-state index in [0.29, 0.717) is 16.3 Å². The monoisotopic (exact) mass is 264 g/mol. The highest BCUT2D eigenvalue weighted by atomic mass is 35.5. The molecule has 0 amide bonds. The normalized spacial score (nSPS) is 12.5. The lowest BCUT2D eigenvalue weighted by atomic mass is 9.96. The highest BCUT2D eigenvalue weighted by Gasteiger charge is 2.19. The molecule has 0 radical (unpaired) electrons. The first-order valence-electron chi connectivity index (χ1n) is 5.63. The van der Waals surface area contributed by atoms with Crippen LogP contribution in [0.3, 0.4) is 0 Å². The van der Waals surface area contributed by atoms with Gasteiger partial charge in [0.05, 0.1) is 16.8 Å². The first-order chi connectivity index (χ1) is 8.50. The molecule has 0 spiro atoms. The van der Waals surface area contributed by atoms with Crippen molar-refractivity contribution in [3.05, 3.63) is 63.7 Å². The summed E-state index contributed by atoms with van der Waals surface area (Å²) in [5.41, 5.74) is 8.69. The van der Waals surface area contributed by atoms with E-state index in [4.69, 9.17) is 17.3 Å². The fraction of sp³-hybridized carbons (Fsp3) is 0.214. The lowest BCUT2D eigenvalue weighted by Crippen LogP contribution is -2.17. The lowest BCUT2D eigenvalue weighted by molar-refractivity contribution is 0.593. The van der Waals surface area contributed by atoms with Crippen molar-refractivity contribution in [1.82, 2.24) is 4.98 Å². The van der Waals surface area contributed by atoms with E-state index in [1.54, 1.807) is 18.3 Å². The molecule has 2 rings (SSSR count). The van der Waals surface area contributed by atoms with Crippen molar-refractivity contribution < 1.29 is 4.39 Å². The van der Waals surface area contributed by atoms with Crippen LogP contribution in [0, 0.1) is 19.7 Å². The topological polar surface area (TPSA) is 38.9 Å². The van der Waals surface area contributed by atoms with Crippen LogP contribution >= 0.6 is 11.6 Å². The van der Waals surface area contributed by atoms with Crippen molar-refractivity contribution in [3.8, 4) is 0 Å². The summed E-state index contributed by atoms with van der Waals surface area (Å²) >= 11 is 6.04. The average Bonchev–Trinajstić information content (AvgIpc) is 2.27. The van der Waals surface area contributed by atoms with E-state index in [-0.39, 0.29) is 5.82 Å². The van der Waals surface area contributed by atoms with Crippen LogP contribution in [0.25, 0.3) is 0 Å². The molecule has 1 heterocycles. The molecular weight excluding hydrogens is 251 g/mol. The van der Waals surface area contributed by atoms with Gasteiger partial charge in [-0.2, -0.15) is 0 Å². The van der Waals surface area contributed by atoms with E-state index >= 15 is 0 Å². The Morgan fingerprint density at radius 3 is 2.67 bits per heavy atom. The third kappa shape index (κ3) is 2.37. The molecule has 1 unspecified atom stereocenters. The molecule has 94 valence electrons. The molecule has 0 aliphatic carbocycles. The Labute approximate surface area is 111 Å². The molecule has 0 fully saturated rings. The van der Waals surface area contributed by atoms with Gasteiger partial charge in [0.15, 0.2) is 0 Å². The van der Waals surface area contributed by atoms with Crippen molar-refractivity contribution in [3.63, 3.8) is 0 Å². The summed E-state index contributed by atoms with van der Waals surface area (Å²) in [6, 6.07) is 6.13. The second kappa shape index (κ2) is 5.04. The van der Waals surface area contributed by atoms with E-state index < -0.39 is 6.04 Å². The first-order valence-corrected chi connectivity index (χ1v) is 6.01. The fourth-order valence-electron chi connectivity index (χ4n) is 2.08. The standard InChI is InChI=1S/C14H14ClFN2/c1-8-6-9(2)12(11(16)7-8)13(17)14-10(15)4-3-5-18-14/h3-7,13H,17H2,1-2H3. The minimum absolute atomic E-state index is 0.318. The molecule has 2 nitrogen and oxygen atoms in total. The highest BCUT2D eigenvalue weighted by Crippen LogP contribution is 2.28. The Morgan fingerprint density at radius 2 is 2.06 bits per heavy atom. The van der Waals surface area contributed by atoms with E-state index in [9.17, 15) is 4.39 Å². The van der Waals surface area contributed by atoms with E-state index in [1.165, 1.54) is 6.07 Å². The molecule has 0 saturated heterocycles. The van der Waals surface area contributed by atoms with Crippen molar-refractivity contribution in [2.45, 2.75) is 19.9 Å². The van der Waals surface area contributed by atoms with Gasteiger partial charge in [0.2, 0.25) is 0 Å². The first kappa shape index (κ1) is 13.0. The molecule has 18 heavy (non-hydrogen) atoms. The highest BCUT2D eigenvalue weighted by molar-refractivity contribution is 6.31. The zero-order valence-electron chi connectivity index (χ0n) is 10.2. The summed E-state index contributed by atoms with van der Waals surface area (Å²) in [7, 11) is 0. The summed E-state index contributed by atoms with van der Waals surface area (Å²) in [5, 5.41) is 0.448. The molecule has 0 aliphatic heterocycles. The van der Waals surface area contributed by atoms with Crippen LogP contribution in [0.5, 0.6) is 0 Å². The second-order valence-electron chi connectivity index (χ2n) is 4.33. The van der Waals surface area contributed by atoms with E-state index in [2.05, 4.69) is 4.98 Å². The zero-order valence-corrected chi connectivity index (χ0v) is 11.0. The smallest absolute Gasteiger partial charge is 0.128 e. The fourth-order valence-corrected chi connectivity index (χ4v) is 2.32. The number of hydrogen-bond acceptors (Lipinski definition) is 2. The Balaban J connectivity index is 2.53.